The molecule has 0 spiro atoms. The second-order valence-corrected chi connectivity index (χ2v) is 5.54. The number of nitrogens with one attached hydrogen (secondary N) is 1. The van der Waals surface area contributed by atoms with Crippen LogP contribution >= 0.6 is 0 Å². The van der Waals surface area contributed by atoms with Crippen LogP contribution in [-0.4, -0.2) is 0 Å². The number of fused-ring (bicyclic) bond motifs is 1. The molecule has 1 aromatic carbocycles. The fourth-order valence-electron chi connectivity index (χ4n) is 3.31. The Morgan fingerprint density at radius 1 is 1.12 bits per heavy atom. The van der Waals surface area contributed by atoms with Crippen molar-refractivity contribution in [3.8, 4) is 0 Å². The topological polar surface area (TPSA) is 38.0 Å². The Kier molecular flexibility index (Phi) is 2.49. The molecular formula is C14H20N2. The summed E-state index contributed by atoms with van der Waals surface area (Å²) in [6, 6.07) is 9.13. The molecule has 86 valence electrons. The molecule has 2 heteroatoms. The lowest BCUT2D eigenvalue weighted by molar-refractivity contribution is 0.345. The third kappa shape index (κ3) is 1.76. The van der Waals surface area contributed by atoms with Gasteiger partial charge in [0, 0.05) is 6.04 Å². The fraction of sp³-hybridized carbons (Fsp3) is 0.571. The van der Waals surface area contributed by atoms with Crippen LogP contribution in [-0.2, 0) is 0 Å². The minimum atomic E-state index is 0.355. The van der Waals surface area contributed by atoms with Crippen LogP contribution in [0.3, 0.4) is 0 Å². The van der Waals surface area contributed by atoms with E-state index in [4.69, 9.17) is 5.84 Å². The molecule has 0 aliphatic heterocycles. The number of nitrogens with two attached hydrogens (primary N) is 1. The minimum Gasteiger partial charge on any atom is -0.271 e. The van der Waals surface area contributed by atoms with E-state index in [2.05, 4.69) is 36.6 Å². The largest absolute Gasteiger partial charge is 0.271 e. The lowest BCUT2D eigenvalue weighted by atomic mass is 9.89. The zero-order chi connectivity index (χ0) is 11.1. The van der Waals surface area contributed by atoms with Crippen molar-refractivity contribution >= 4 is 0 Å². The van der Waals surface area contributed by atoms with Crippen LogP contribution in [0, 0.1) is 24.7 Å². The van der Waals surface area contributed by atoms with Gasteiger partial charge < -0.3 is 0 Å². The molecule has 3 unspecified atom stereocenters. The van der Waals surface area contributed by atoms with Gasteiger partial charge in [0.05, 0.1) is 0 Å². The summed E-state index contributed by atoms with van der Waals surface area (Å²) in [6.07, 6.45) is 4.21. The average Bonchev–Trinajstić information content (AvgIpc) is 2.90. The van der Waals surface area contributed by atoms with Gasteiger partial charge in [-0.2, -0.15) is 0 Å². The molecule has 3 N–H and O–H groups in total. The zero-order valence-corrected chi connectivity index (χ0v) is 9.82. The average molecular weight is 216 g/mol. The molecule has 0 radical (unpaired) electrons. The van der Waals surface area contributed by atoms with E-state index >= 15 is 0 Å². The van der Waals surface area contributed by atoms with Crippen molar-refractivity contribution in [3.63, 3.8) is 0 Å². The summed E-state index contributed by atoms with van der Waals surface area (Å²) in [6.45, 7) is 2.12. The van der Waals surface area contributed by atoms with E-state index in [1.807, 2.05) is 0 Å². The monoisotopic (exact) mass is 216 g/mol. The summed E-state index contributed by atoms with van der Waals surface area (Å²) < 4.78 is 0. The minimum absolute atomic E-state index is 0.355. The molecule has 3 rings (SSSR count). The van der Waals surface area contributed by atoms with Gasteiger partial charge in [0.25, 0.3) is 0 Å². The molecule has 3 atom stereocenters. The highest BCUT2D eigenvalue weighted by Gasteiger charge is 2.47. The van der Waals surface area contributed by atoms with Crippen LogP contribution < -0.4 is 11.3 Å². The Balaban J connectivity index is 1.77. The Bertz CT molecular complexity index is 361. The molecule has 0 heterocycles. The number of hydrazine groups is 1. The van der Waals surface area contributed by atoms with Gasteiger partial charge in [0.2, 0.25) is 0 Å². The summed E-state index contributed by atoms with van der Waals surface area (Å²) in [7, 11) is 0. The van der Waals surface area contributed by atoms with E-state index in [1.54, 1.807) is 0 Å². The smallest absolute Gasteiger partial charge is 0.0488 e. The number of benzene rings is 1. The fourth-order valence-corrected chi connectivity index (χ4v) is 3.31. The number of aryl methyl sites for hydroxylation is 1. The van der Waals surface area contributed by atoms with Crippen molar-refractivity contribution in [2.75, 3.05) is 0 Å². The quantitative estimate of drug-likeness (QED) is 0.602. The van der Waals surface area contributed by atoms with E-state index in [0.717, 1.165) is 17.8 Å². The number of hydrogen-bond acceptors (Lipinski definition) is 2. The summed E-state index contributed by atoms with van der Waals surface area (Å²) in [5.74, 6) is 8.52. The molecule has 2 aliphatic rings. The molecule has 0 saturated heterocycles. The third-order valence-corrected chi connectivity index (χ3v) is 4.37. The van der Waals surface area contributed by atoms with Crippen molar-refractivity contribution in [2.24, 2.45) is 23.6 Å². The highest BCUT2D eigenvalue weighted by Crippen LogP contribution is 2.56. The first-order valence-corrected chi connectivity index (χ1v) is 6.30. The maximum absolute atomic E-state index is 5.73. The molecule has 2 nitrogen and oxygen atoms in total. The van der Waals surface area contributed by atoms with E-state index in [1.165, 1.54) is 30.4 Å². The van der Waals surface area contributed by atoms with Crippen LogP contribution in [0.5, 0.6) is 0 Å². The van der Waals surface area contributed by atoms with Gasteiger partial charge in [-0.25, -0.2) is 0 Å². The molecule has 2 saturated carbocycles. The highest BCUT2D eigenvalue weighted by atomic mass is 15.2. The van der Waals surface area contributed by atoms with Crippen LogP contribution in [0.25, 0.3) is 0 Å². The van der Waals surface area contributed by atoms with E-state index in [9.17, 15) is 0 Å². The predicted molar refractivity (Wildman–Crippen MR) is 65.6 cm³/mol. The van der Waals surface area contributed by atoms with Gasteiger partial charge in [0.15, 0.2) is 0 Å². The molecule has 16 heavy (non-hydrogen) atoms. The summed E-state index contributed by atoms with van der Waals surface area (Å²) in [5.41, 5.74) is 5.68. The van der Waals surface area contributed by atoms with Crippen molar-refractivity contribution in [1.29, 1.82) is 0 Å². The van der Waals surface area contributed by atoms with Crippen LogP contribution in [0.15, 0.2) is 24.3 Å². The predicted octanol–water partition coefficient (Wildman–Crippen LogP) is 2.55. The SMILES string of the molecule is Cc1ccc(C(NN)C2CC3CC3C2)cc1. The van der Waals surface area contributed by atoms with Gasteiger partial charge in [-0.05, 0) is 49.5 Å². The summed E-state index contributed by atoms with van der Waals surface area (Å²) in [4.78, 5) is 0. The first kappa shape index (κ1) is 10.3. The Morgan fingerprint density at radius 2 is 1.75 bits per heavy atom. The van der Waals surface area contributed by atoms with Gasteiger partial charge in [-0.1, -0.05) is 29.8 Å². The lowest BCUT2D eigenvalue weighted by Crippen LogP contribution is -2.33. The van der Waals surface area contributed by atoms with E-state index in [-0.39, 0.29) is 0 Å². The molecule has 1 aromatic rings. The van der Waals surface area contributed by atoms with E-state index < -0.39 is 0 Å². The molecule has 2 aliphatic carbocycles. The van der Waals surface area contributed by atoms with Crippen molar-refractivity contribution in [3.05, 3.63) is 35.4 Å². The van der Waals surface area contributed by atoms with Gasteiger partial charge >= 0.3 is 0 Å². The van der Waals surface area contributed by atoms with Crippen molar-refractivity contribution in [1.82, 2.24) is 5.43 Å². The Morgan fingerprint density at radius 3 is 2.31 bits per heavy atom. The normalized spacial score (nSPS) is 33.5. The molecule has 0 bridgehead atoms. The van der Waals surface area contributed by atoms with Gasteiger partial charge in [0.1, 0.15) is 0 Å². The maximum Gasteiger partial charge on any atom is 0.0488 e. The second-order valence-electron chi connectivity index (χ2n) is 5.54. The first-order valence-electron chi connectivity index (χ1n) is 6.30. The Labute approximate surface area is 97.2 Å². The van der Waals surface area contributed by atoms with Crippen molar-refractivity contribution < 1.29 is 0 Å². The first-order chi connectivity index (χ1) is 7.78. The van der Waals surface area contributed by atoms with Crippen LogP contribution in [0.2, 0.25) is 0 Å². The molecule has 2 fully saturated rings. The number of hydrogen-bond donors (Lipinski definition) is 2. The summed E-state index contributed by atoms with van der Waals surface area (Å²) in [5, 5.41) is 0. The molecular weight excluding hydrogens is 196 g/mol. The van der Waals surface area contributed by atoms with Crippen LogP contribution in [0.4, 0.5) is 0 Å². The second kappa shape index (κ2) is 3.86. The standard InChI is InChI=1S/C14H20N2/c1-9-2-4-10(5-3-9)14(16-15)13-7-11-6-12(11)8-13/h2-5,11-14,16H,6-8,15H2,1H3. The van der Waals surface area contributed by atoms with E-state index in [0.29, 0.717) is 6.04 Å². The molecule has 0 amide bonds. The van der Waals surface area contributed by atoms with Crippen molar-refractivity contribution in [2.45, 2.75) is 32.2 Å². The highest BCUT2D eigenvalue weighted by molar-refractivity contribution is 5.25. The lowest BCUT2D eigenvalue weighted by Gasteiger charge is -2.24. The zero-order valence-electron chi connectivity index (χ0n) is 9.82. The number of rotatable bonds is 3. The molecule has 0 aromatic heterocycles. The van der Waals surface area contributed by atoms with Crippen LogP contribution in [0.1, 0.15) is 36.4 Å². The maximum atomic E-state index is 5.73. The Hall–Kier alpha value is -0.860. The van der Waals surface area contributed by atoms with Gasteiger partial charge in [-0.15, -0.1) is 0 Å². The third-order valence-electron chi connectivity index (χ3n) is 4.37. The summed E-state index contributed by atoms with van der Waals surface area (Å²) >= 11 is 0. The van der Waals surface area contributed by atoms with Gasteiger partial charge in [-0.3, -0.25) is 11.3 Å².